The van der Waals surface area contributed by atoms with Crippen LogP contribution >= 0.6 is 0 Å². The Morgan fingerprint density at radius 1 is 0.299 bits per heavy atom. The van der Waals surface area contributed by atoms with Crippen LogP contribution in [-0.2, 0) is 130 Å². The number of carboxylic acids is 5. The molecule has 0 aromatic heterocycles. The summed E-state index contributed by atoms with van der Waals surface area (Å²) in [6, 6.07) is -9.30. The largest absolute Gasteiger partial charge is 0.508 e. The molecule has 0 radical (unpaired) electrons. The quantitative estimate of drug-likeness (QED) is 0.0233. The van der Waals surface area contributed by atoms with E-state index in [9.17, 15) is 151 Å². The number of carboxylic acid groups (broad SMARTS) is 5. The van der Waals surface area contributed by atoms with Gasteiger partial charge in [-0.25, -0.2) is 4.79 Å². The Hall–Kier alpha value is -15.0. The lowest BCUT2D eigenvalue weighted by molar-refractivity contribution is -0.142. The Balaban J connectivity index is 1.84. The van der Waals surface area contributed by atoms with Crippen LogP contribution in [0.2, 0.25) is 0 Å². The SMILES string of the molecule is CC(C)C[C@H](NC(=O)[C@@H](NC(=O)[C@H](CC(=O)O)NC(=O)[C@H](Cc1ccccc1)NC(=O)[C@H](C)NC(=O)[C@H](CO)NC(=O)[C@@H](N)CC(=O)O)C(C)C)C(=O)N[C@@H](CO)C(=O)N[C@@H](Cc1ccccc1)C(=O)N[C@H](C(=O)N[C@@H](C)C(=O)N[C@@H](CCC(=O)O)C(=O)N[C@@H](CCC(=O)O)C(=O)N[C@@H](CCCCN)C(=O)N[C@@H](C)C(=O)NCC(=O)N[C@H](C(=O)N[C@@H](Cc1ccc(O)cc1)C(=O)N[C@@H](CCCCN)C(=O)O)C(C)C)[C@@H](C)O. The van der Waals surface area contributed by atoms with Crippen molar-refractivity contribution in [3.63, 3.8) is 0 Å². The second-order valence-corrected chi connectivity index (χ2v) is 36.1. The Bertz CT molecular complexity index is 4980. The van der Waals surface area contributed by atoms with E-state index in [4.69, 9.17) is 22.3 Å². The van der Waals surface area contributed by atoms with E-state index in [1.165, 1.54) is 57.2 Å². The van der Waals surface area contributed by atoms with Gasteiger partial charge < -0.3 is 159 Å². The van der Waals surface area contributed by atoms with Crippen molar-refractivity contribution in [2.24, 2.45) is 35.0 Å². The highest BCUT2D eigenvalue weighted by atomic mass is 16.4. The van der Waals surface area contributed by atoms with Crippen LogP contribution in [0.4, 0.5) is 0 Å². The molecule has 3 aromatic rings. The Labute approximate surface area is 846 Å². The van der Waals surface area contributed by atoms with Crippen LogP contribution in [0, 0.1) is 17.8 Å². The maximum atomic E-state index is 14.5. The minimum atomic E-state index is -2.03. The van der Waals surface area contributed by atoms with E-state index in [1.54, 1.807) is 76.2 Å². The number of aliphatic hydroxyl groups is 3. The molecule has 18 amide bonds. The Morgan fingerprint density at radius 2 is 0.612 bits per heavy atom. The first kappa shape index (κ1) is 126. The summed E-state index contributed by atoms with van der Waals surface area (Å²) < 4.78 is 0. The first-order chi connectivity index (χ1) is 69.1. The fourth-order valence-electron chi connectivity index (χ4n) is 14.2. The normalized spacial score (nSPS) is 15.0. The summed E-state index contributed by atoms with van der Waals surface area (Å²) in [5.41, 5.74) is 18.1. The number of nitrogens with one attached hydrogen (secondary N) is 18. The maximum Gasteiger partial charge on any atom is 0.326 e. The summed E-state index contributed by atoms with van der Waals surface area (Å²) in [7, 11) is 0. The van der Waals surface area contributed by atoms with Gasteiger partial charge in [0, 0.05) is 32.1 Å². The highest BCUT2D eigenvalue weighted by molar-refractivity contribution is 6.03. The molecule has 147 heavy (non-hydrogen) atoms. The number of carbonyl (C=O) groups is 23. The van der Waals surface area contributed by atoms with Crippen molar-refractivity contribution in [2.45, 2.75) is 287 Å². The number of amides is 18. The third-order valence-electron chi connectivity index (χ3n) is 22.5. The third kappa shape index (κ3) is 46.7. The summed E-state index contributed by atoms with van der Waals surface area (Å²) in [5, 5.41) is 132. The monoisotopic (exact) mass is 2080 g/mol. The number of unbranched alkanes of at least 4 members (excludes halogenated alkanes) is 2. The molecule has 0 heterocycles. The summed E-state index contributed by atoms with van der Waals surface area (Å²) in [6.07, 6.45) is -7.15. The van der Waals surface area contributed by atoms with E-state index in [0.717, 1.165) is 20.8 Å². The van der Waals surface area contributed by atoms with Gasteiger partial charge in [-0.1, -0.05) is 114 Å². The van der Waals surface area contributed by atoms with Gasteiger partial charge in [0.1, 0.15) is 108 Å². The number of aliphatic hydroxyl groups excluding tert-OH is 3. The molecule has 3 rings (SSSR count). The van der Waals surface area contributed by atoms with E-state index < -0.39 is 333 Å². The maximum absolute atomic E-state index is 14.5. The van der Waals surface area contributed by atoms with Crippen LogP contribution in [0.3, 0.4) is 0 Å². The van der Waals surface area contributed by atoms with E-state index in [-0.39, 0.29) is 63.8 Å². The van der Waals surface area contributed by atoms with Gasteiger partial charge in [0.2, 0.25) is 106 Å². The molecule has 53 heteroatoms. The summed E-state index contributed by atoms with van der Waals surface area (Å²) in [5.74, 6) is -30.0. The van der Waals surface area contributed by atoms with E-state index in [2.05, 4.69) is 95.7 Å². The molecule has 53 nitrogen and oxygen atoms in total. The van der Waals surface area contributed by atoms with Gasteiger partial charge in [0.15, 0.2) is 0 Å². The van der Waals surface area contributed by atoms with Crippen LogP contribution in [0.5, 0.6) is 5.75 Å². The first-order valence-electron chi connectivity index (χ1n) is 47.6. The highest BCUT2D eigenvalue weighted by Crippen LogP contribution is 2.18. The predicted octanol–water partition coefficient (Wildman–Crippen LogP) is -8.09. The van der Waals surface area contributed by atoms with Crippen LogP contribution in [0.1, 0.15) is 169 Å². The molecule has 0 spiro atoms. The zero-order valence-electron chi connectivity index (χ0n) is 83.3. The average Bonchev–Trinajstić information content (AvgIpc) is 0.797. The molecule has 3 aromatic carbocycles. The van der Waals surface area contributed by atoms with Gasteiger partial charge in [-0.05, 0) is 145 Å². The van der Waals surface area contributed by atoms with Gasteiger partial charge in [0.25, 0.3) is 0 Å². The van der Waals surface area contributed by atoms with E-state index >= 15 is 0 Å². The zero-order chi connectivity index (χ0) is 111. The molecular weight excluding hydrogens is 1940 g/mol. The lowest BCUT2D eigenvalue weighted by atomic mass is 9.99. The molecule has 0 aliphatic carbocycles. The topological polar surface area (TPSA) is 869 Å². The van der Waals surface area contributed by atoms with Gasteiger partial charge >= 0.3 is 29.8 Å². The lowest BCUT2D eigenvalue weighted by Gasteiger charge is -2.29. The molecule has 0 unspecified atom stereocenters. The lowest BCUT2D eigenvalue weighted by Crippen LogP contribution is -2.62. The average molecular weight is 2080 g/mol. The number of hydrogen-bond donors (Lipinski definition) is 30. The molecule has 33 N–H and O–H groups in total. The van der Waals surface area contributed by atoms with Gasteiger partial charge in [0.05, 0.1) is 44.7 Å². The molecule has 0 saturated heterocycles. The number of rotatable bonds is 68. The number of benzene rings is 3. The number of hydrogen-bond acceptors (Lipinski definition) is 30. The van der Waals surface area contributed by atoms with Crippen LogP contribution in [-0.4, -0.2) is 330 Å². The Morgan fingerprint density at radius 3 is 1.03 bits per heavy atom. The molecule has 0 aliphatic heterocycles. The fourth-order valence-corrected chi connectivity index (χ4v) is 14.2. The van der Waals surface area contributed by atoms with Crippen LogP contribution < -0.4 is 113 Å². The number of aromatic hydroxyl groups is 1. The number of nitrogens with two attached hydrogens (primary N) is 3. The number of phenolic OH excluding ortho intramolecular Hbond substituents is 1. The fraction of sp³-hybridized carbons (Fsp3) is 0.564. The molecular formula is C94H141N21O32. The van der Waals surface area contributed by atoms with Crippen molar-refractivity contribution in [1.82, 2.24) is 95.7 Å². The highest BCUT2D eigenvalue weighted by Gasteiger charge is 2.41. The molecule has 814 valence electrons. The third-order valence-corrected chi connectivity index (χ3v) is 22.5. The molecule has 19 atom stereocenters. The van der Waals surface area contributed by atoms with Gasteiger partial charge in [-0.3, -0.25) is 105 Å². The summed E-state index contributed by atoms with van der Waals surface area (Å²) in [6.45, 7) is 10.9. The number of aliphatic carboxylic acids is 5. The van der Waals surface area contributed by atoms with E-state index in [1.807, 2.05) is 0 Å². The smallest absolute Gasteiger partial charge is 0.326 e. The van der Waals surface area contributed by atoms with Crippen molar-refractivity contribution in [3.05, 3.63) is 102 Å². The van der Waals surface area contributed by atoms with Crippen molar-refractivity contribution in [2.75, 3.05) is 32.8 Å². The predicted molar refractivity (Wildman–Crippen MR) is 520 cm³/mol. The second kappa shape index (κ2) is 64.7. The molecule has 0 saturated carbocycles. The summed E-state index contributed by atoms with van der Waals surface area (Å²) >= 11 is 0. The standard InChI is InChI=1S/C94H141N21O32/c1-46(2)37-62(109-92(144)75(48(5)6)114-88(140)66(42-73(127)128)108-86(138)63(38-53-21-13-11-14-22-53)106-79(131)50(8)100-89(141)67(44-116)111-80(132)57(97)41-72(125)126)84(136)112-68(45-117)90(142)107-65(39-54-23-15-12-16-24-54)87(139)115-76(52(10)118)93(145)101-51(9)78(130)102-59(31-33-70(121)122)82(134)104-60(32-34-71(123)124)83(135)103-58(25-17-19-35-95)81(133)99-49(7)77(129)98-43-69(120)113-74(47(3)4)91(143)110-64(40-55-27-29-56(119)30-28-55)85(137)105-61(94(146)147)26-18-20-36-96/h11-16,21-24,27-30,46-52,57-68,74-76,116-119H,17-20,25-26,31-45,95-97H2,1-10H3,(H,98,129)(H,99,133)(H,100,141)(H,101,145)(H,102,130)(H,103,135)(H,104,134)(H,105,137)(H,106,131)(H,107,142)(H,108,138)(H,109,144)(H,110,143)(H,111,132)(H,112,136)(H,113,120)(H,114,140)(H,115,139)(H,121,122)(H,123,124)(H,125,126)(H,127,128)(H,146,147)/t49-,50-,51-,52+,57-,58-,59-,60-,61-,62-,63-,64-,65-,66-,67-,68-,74-,75-,76-/m0/s1. The number of carbonyl (C=O) groups excluding carboxylic acids is 18. The minimum absolute atomic E-state index is 0.00907. The van der Waals surface area contributed by atoms with Crippen LogP contribution in [0.25, 0.3) is 0 Å². The molecule has 0 bridgehead atoms. The molecule has 0 aliphatic rings. The van der Waals surface area contributed by atoms with Crippen molar-refractivity contribution < 1.29 is 156 Å². The van der Waals surface area contributed by atoms with Crippen molar-refractivity contribution >= 4 is 136 Å². The second-order valence-electron chi connectivity index (χ2n) is 36.1. The van der Waals surface area contributed by atoms with Crippen molar-refractivity contribution in [1.29, 1.82) is 0 Å². The van der Waals surface area contributed by atoms with Gasteiger partial charge in [-0.15, -0.1) is 0 Å². The first-order valence-corrected chi connectivity index (χ1v) is 47.6. The van der Waals surface area contributed by atoms with E-state index in [0.29, 0.717) is 29.5 Å². The van der Waals surface area contributed by atoms with Gasteiger partial charge in [-0.2, -0.15) is 0 Å². The minimum Gasteiger partial charge on any atom is -0.508 e. The van der Waals surface area contributed by atoms with Crippen LogP contribution in [0.15, 0.2) is 84.9 Å². The molecule has 0 fully saturated rings. The summed E-state index contributed by atoms with van der Waals surface area (Å²) in [4.78, 5) is 311. The Kier molecular flexibility index (Phi) is 55.5. The number of phenols is 1. The zero-order valence-corrected chi connectivity index (χ0v) is 83.3. The van der Waals surface area contributed by atoms with Crippen molar-refractivity contribution in [3.8, 4) is 5.75 Å².